The fourth-order valence-electron chi connectivity index (χ4n) is 2.16. The standard InChI is InChI=1S/C11H16O4/c1-5-7-11(12,6-2)8-9(13-7)15-10(3,4)14-8/h2,7-9,12H,5H2,1,3-4H3/t7-,8+,9-,11-/m1/s1. The van der Waals surface area contributed by atoms with Crippen molar-refractivity contribution >= 4 is 0 Å². The molecule has 0 aliphatic carbocycles. The van der Waals surface area contributed by atoms with Crippen LogP contribution in [-0.4, -0.2) is 35.0 Å². The highest BCUT2D eigenvalue weighted by atomic mass is 16.8. The van der Waals surface area contributed by atoms with Crippen LogP contribution in [0.1, 0.15) is 27.2 Å². The highest BCUT2D eigenvalue weighted by Gasteiger charge is 2.62. The highest BCUT2D eigenvalue weighted by molar-refractivity contribution is 5.20. The van der Waals surface area contributed by atoms with Gasteiger partial charge in [-0.2, -0.15) is 0 Å². The molecule has 1 N–H and O–H groups in total. The second-order valence-corrected chi connectivity index (χ2v) is 4.43. The van der Waals surface area contributed by atoms with Crippen molar-refractivity contribution in [3.63, 3.8) is 0 Å². The molecule has 0 aromatic carbocycles. The lowest BCUT2D eigenvalue weighted by Crippen LogP contribution is -2.47. The molecule has 2 fully saturated rings. The van der Waals surface area contributed by atoms with Gasteiger partial charge in [0.1, 0.15) is 6.10 Å². The molecule has 4 atom stereocenters. The van der Waals surface area contributed by atoms with Crippen molar-refractivity contribution in [1.82, 2.24) is 0 Å². The number of terminal acetylenes is 1. The Morgan fingerprint density at radius 3 is 2.60 bits per heavy atom. The third kappa shape index (κ3) is 1.47. The average Bonchev–Trinajstić information content (AvgIpc) is 2.60. The predicted octanol–water partition coefficient (Wildman–Crippen LogP) is 0.637. The second kappa shape index (κ2) is 3.19. The van der Waals surface area contributed by atoms with Crippen molar-refractivity contribution in [2.75, 3.05) is 0 Å². The van der Waals surface area contributed by atoms with Crippen molar-refractivity contribution in [3.05, 3.63) is 0 Å². The summed E-state index contributed by atoms with van der Waals surface area (Å²) in [6, 6.07) is 0. The Hall–Kier alpha value is -0.600. The van der Waals surface area contributed by atoms with E-state index in [0.29, 0.717) is 6.42 Å². The Bertz CT molecular complexity index is 306. The zero-order valence-electron chi connectivity index (χ0n) is 9.19. The van der Waals surface area contributed by atoms with Gasteiger partial charge in [0.15, 0.2) is 23.8 Å². The summed E-state index contributed by atoms with van der Waals surface area (Å²) in [6.45, 7) is 5.44. The molecule has 0 radical (unpaired) electrons. The summed E-state index contributed by atoms with van der Waals surface area (Å²) < 4.78 is 16.6. The van der Waals surface area contributed by atoms with E-state index in [4.69, 9.17) is 20.6 Å². The minimum Gasteiger partial charge on any atom is -0.372 e. The first-order valence-corrected chi connectivity index (χ1v) is 5.14. The van der Waals surface area contributed by atoms with Gasteiger partial charge < -0.3 is 19.3 Å². The molecule has 2 rings (SSSR count). The topological polar surface area (TPSA) is 47.9 Å². The van der Waals surface area contributed by atoms with Gasteiger partial charge in [-0.15, -0.1) is 6.42 Å². The average molecular weight is 212 g/mol. The Labute approximate surface area is 89.5 Å². The van der Waals surface area contributed by atoms with Crippen molar-refractivity contribution < 1.29 is 19.3 Å². The Kier molecular flexibility index (Phi) is 2.32. The third-order valence-corrected chi connectivity index (χ3v) is 2.88. The molecule has 0 bridgehead atoms. The number of hydrogen-bond acceptors (Lipinski definition) is 4. The van der Waals surface area contributed by atoms with Crippen molar-refractivity contribution in [2.24, 2.45) is 0 Å². The van der Waals surface area contributed by atoms with Crippen LogP contribution in [0.3, 0.4) is 0 Å². The third-order valence-electron chi connectivity index (χ3n) is 2.88. The number of rotatable bonds is 1. The maximum absolute atomic E-state index is 10.3. The van der Waals surface area contributed by atoms with Gasteiger partial charge in [-0.3, -0.25) is 0 Å². The fraction of sp³-hybridized carbons (Fsp3) is 0.818. The summed E-state index contributed by atoms with van der Waals surface area (Å²) in [5.41, 5.74) is -1.38. The van der Waals surface area contributed by atoms with Gasteiger partial charge in [-0.05, 0) is 20.3 Å². The normalized spacial score (nSPS) is 47.5. The van der Waals surface area contributed by atoms with Gasteiger partial charge in [0.05, 0.1) is 0 Å². The first kappa shape index (κ1) is 10.9. The summed E-state index contributed by atoms with van der Waals surface area (Å²) in [5.74, 6) is 1.62. The molecule has 2 heterocycles. The van der Waals surface area contributed by atoms with Crippen LogP contribution in [0.4, 0.5) is 0 Å². The number of fused-ring (bicyclic) bond motifs is 1. The van der Waals surface area contributed by atoms with Crippen LogP contribution in [-0.2, 0) is 14.2 Å². The molecule has 4 nitrogen and oxygen atoms in total. The molecule has 15 heavy (non-hydrogen) atoms. The van der Waals surface area contributed by atoms with E-state index in [-0.39, 0.29) is 0 Å². The summed E-state index contributed by atoms with van der Waals surface area (Å²) >= 11 is 0. The Balaban J connectivity index is 2.27. The van der Waals surface area contributed by atoms with Gasteiger partial charge >= 0.3 is 0 Å². The van der Waals surface area contributed by atoms with E-state index in [2.05, 4.69) is 5.92 Å². The van der Waals surface area contributed by atoms with Crippen molar-refractivity contribution in [2.45, 2.75) is 57.1 Å². The first-order chi connectivity index (χ1) is 6.93. The van der Waals surface area contributed by atoms with Crippen LogP contribution in [0, 0.1) is 12.3 Å². The van der Waals surface area contributed by atoms with Crippen LogP contribution < -0.4 is 0 Å². The van der Waals surface area contributed by atoms with Gasteiger partial charge in [0.2, 0.25) is 0 Å². The van der Waals surface area contributed by atoms with Crippen molar-refractivity contribution in [3.8, 4) is 12.3 Å². The van der Waals surface area contributed by atoms with E-state index in [1.165, 1.54) is 0 Å². The second-order valence-electron chi connectivity index (χ2n) is 4.43. The summed E-state index contributed by atoms with van der Waals surface area (Å²) in [4.78, 5) is 0. The van der Waals surface area contributed by atoms with Crippen LogP contribution in [0.15, 0.2) is 0 Å². The lowest BCUT2D eigenvalue weighted by atomic mass is 9.92. The SMILES string of the molecule is C#C[C@@]1(O)[C@@H](CC)O[C@@H]2OC(C)(C)O[C@@H]21. The van der Waals surface area contributed by atoms with Gasteiger partial charge in [0.25, 0.3) is 0 Å². The van der Waals surface area contributed by atoms with Crippen LogP contribution in [0.2, 0.25) is 0 Å². The summed E-state index contributed by atoms with van der Waals surface area (Å²) in [7, 11) is 0. The molecule has 2 aliphatic rings. The molecule has 2 saturated heterocycles. The van der Waals surface area contributed by atoms with Crippen LogP contribution in [0.5, 0.6) is 0 Å². The van der Waals surface area contributed by atoms with E-state index in [1.54, 1.807) is 13.8 Å². The van der Waals surface area contributed by atoms with Gasteiger partial charge in [-0.1, -0.05) is 12.8 Å². The molecule has 4 heteroatoms. The maximum atomic E-state index is 10.3. The monoisotopic (exact) mass is 212 g/mol. The molecule has 0 amide bonds. The molecule has 0 saturated carbocycles. The minimum atomic E-state index is -1.38. The molecule has 2 aliphatic heterocycles. The molecule has 0 unspecified atom stereocenters. The van der Waals surface area contributed by atoms with E-state index in [0.717, 1.165) is 0 Å². The Morgan fingerprint density at radius 2 is 2.07 bits per heavy atom. The fourth-order valence-corrected chi connectivity index (χ4v) is 2.16. The van der Waals surface area contributed by atoms with Crippen molar-refractivity contribution in [1.29, 1.82) is 0 Å². The predicted molar refractivity (Wildman–Crippen MR) is 52.8 cm³/mol. The molecular formula is C11H16O4. The van der Waals surface area contributed by atoms with E-state index in [9.17, 15) is 5.11 Å². The first-order valence-electron chi connectivity index (χ1n) is 5.14. The number of aliphatic hydroxyl groups is 1. The van der Waals surface area contributed by atoms with E-state index >= 15 is 0 Å². The highest BCUT2D eigenvalue weighted by Crippen LogP contribution is 2.43. The van der Waals surface area contributed by atoms with Gasteiger partial charge in [0, 0.05) is 0 Å². The van der Waals surface area contributed by atoms with Crippen LogP contribution in [0.25, 0.3) is 0 Å². The number of hydrogen-bond donors (Lipinski definition) is 1. The maximum Gasteiger partial charge on any atom is 0.191 e. The van der Waals surface area contributed by atoms with E-state index < -0.39 is 29.9 Å². The molecule has 84 valence electrons. The zero-order valence-corrected chi connectivity index (χ0v) is 9.19. The molecular weight excluding hydrogens is 196 g/mol. The van der Waals surface area contributed by atoms with E-state index in [1.807, 2.05) is 6.92 Å². The smallest absolute Gasteiger partial charge is 0.191 e. The minimum absolute atomic E-state index is 0.423. The molecule has 0 spiro atoms. The summed E-state index contributed by atoms with van der Waals surface area (Å²) in [5, 5.41) is 10.3. The zero-order chi connectivity index (χ0) is 11.3. The lowest BCUT2D eigenvalue weighted by Gasteiger charge is -2.28. The molecule has 0 aromatic heterocycles. The largest absolute Gasteiger partial charge is 0.372 e. The van der Waals surface area contributed by atoms with Crippen LogP contribution >= 0.6 is 0 Å². The Morgan fingerprint density at radius 1 is 1.40 bits per heavy atom. The number of ether oxygens (including phenoxy) is 3. The van der Waals surface area contributed by atoms with Gasteiger partial charge in [-0.25, -0.2) is 0 Å². The molecule has 0 aromatic rings. The summed E-state index contributed by atoms with van der Waals surface area (Å²) in [6.07, 6.45) is 4.41. The quantitative estimate of drug-likeness (QED) is 0.648. The lowest BCUT2D eigenvalue weighted by molar-refractivity contribution is -0.222.